The lowest BCUT2D eigenvalue weighted by atomic mass is 10.1. The molecule has 39 heavy (non-hydrogen) atoms. The summed E-state index contributed by atoms with van der Waals surface area (Å²) in [7, 11) is -4.21. The number of anilines is 1. The summed E-state index contributed by atoms with van der Waals surface area (Å²) < 4.78 is 28.6. The number of carbonyl (C=O) groups is 2. The first-order chi connectivity index (χ1) is 18.2. The van der Waals surface area contributed by atoms with Crippen molar-refractivity contribution < 1.29 is 18.0 Å². The van der Waals surface area contributed by atoms with E-state index in [-0.39, 0.29) is 28.1 Å². The molecule has 0 saturated carbocycles. The molecule has 0 aliphatic carbocycles. The molecule has 10 heteroatoms. The van der Waals surface area contributed by atoms with Crippen LogP contribution in [0.1, 0.15) is 38.8 Å². The molecule has 208 valence electrons. The third kappa shape index (κ3) is 7.97. The van der Waals surface area contributed by atoms with Gasteiger partial charge in [0, 0.05) is 17.1 Å². The van der Waals surface area contributed by atoms with Gasteiger partial charge in [-0.05, 0) is 70.5 Å². The van der Waals surface area contributed by atoms with Crippen LogP contribution in [0, 0.1) is 6.92 Å². The van der Waals surface area contributed by atoms with Crippen molar-refractivity contribution in [1.82, 2.24) is 10.2 Å². The Morgan fingerprint density at radius 1 is 0.949 bits per heavy atom. The molecule has 0 aliphatic rings. The average Bonchev–Trinajstić information content (AvgIpc) is 2.86. The fraction of sp³-hybridized carbons (Fsp3) is 0.310. The van der Waals surface area contributed by atoms with Crippen LogP contribution in [0.5, 0.6) is 0 Å². The molecule has 0 fully saturated rings. The highest BCUT2D eigenvalue weighted by molar-refractivity contribution is 7.92. The molecule has 1 atom stereocenters. The Morgan fingerprint density at radius 3 is 2.13 bits per heavy atom. The standard InChI is InChI=1S/C29H33Cl2N3O4S/c1-20-11-13-22(14-12-20)18-33(21(2)28(36)32-29(3,4)5)27(35)19-34(26-16-15-23(30)17-25(26)31)39(37,38)24-9-7-6-8-10-24/h6-17,21H,18-19H2,1-5H3,(H,32,36)/t21-/m0/s1. The molecule has 3 rings (SSSR count). The summed E-state index contributed by atoms with van der Waals surface area (Å²) in [4.78, 5) is 28.4. The van der Waals surface area contributed by atoms with Crippen molar-refractivity contribution in [3.05, 3.63) is 94.0 Å². The minimum atomic E-state index is -4.21. The number of sulfonamides is 1. The van der Waals surface area contributed by atoms with E-state index < -0.39 is 34.1 Å². The average molecular weight is 591 g/mol. The molecule has 0 bridgehead atoms. The fourth-order valence-corrected chi connectivity index (χ4v) is 5.88. The predicted molar refractivity (Wildman–Crippen MR) is 157 cm³/mol. The van der Waals surface area contributed by atoms with Crippen LogP contribution >= 0.6 is 23.2 Å². The number of rotatable bonds is 9. The van der Waals surface area contributed by atoms with E-state index in [0.29, 0.717) is 5.02 Å². The van der Waals surface area contributed by atoms with Crippen LogP contribution in [0.25, 0.3) is 0 Å². The van der Waals surface area contributed by atoms with Gasteiger partial charge in [-0.15, -0.1) is 0 Å². The quantitative estimate of drug-likeness (QED) is 0.340. The Kier molecular flexibility index (Phi) is 9.69. The lowest BCUT2D eigenvalue weighted by molar-refractivity contribution is -0.140. The van der Waals surface area contributed by atoms with E-state index in [4.69, 9.17) is 23.2 Å². The van der Waals surface area contributed by atoms with Gasteiger partial charge < -0.3 is 10.2 Å². The number of amides is 2. The van der Waals surface area contributed by atoms with Gasteiger partial charge in [-0.1, -0.05) is 71.2 Å². The van der Waals surface area contributed by atoms with Crippen LogP contribution in [0.15, 0.2) is 77.7 Å². The van der Waals surface area contributed by atoms with Crippen molar-refractivity contribution in [2.75, 3.05) is 10.8 Å². The topological polar surface area (TPSA) is 86.8 Å². The summed E-state index contributed by atoms with van der Waals surface area (Å²) >= 11 is 12.5. The summed E-state index contributed by atoms with van der Waals surface area (Å²) in [5, 5.41) is 3.29. The summed E-state index contributed by atoms with van der Waals surface area (Å²) in [6, 6.07) is 18.8. The van der Waals surface area contributed by atoms with Crippen molar-refractivity contribution >= 4 is 50.7 Å². The lowest BCUT2D eigenvalue weighted by Gasteiger charge is -2.33. The molecule has 2 amide bonds. The minimum absolute atomic E-state index is 0.00701. The largest absolute Gasteiger partial charge is 0.350 e. The van der Waals surface area contributed by atoms with Crippen LogP contribution in [0.2, 0.25) is 10.0 Å². The second-order valence-corrected chi connectivity index (χ2v) is 13.0. The predicted octanol–water partition coefficient (Wildman–Crippen LogP) is 5.83. The first kappa shape index (κ1) is 30.5. The Morgan fingerprint density at radius 2 is 1.56 bits per heavy atom. The fourth-order valence-electron chi connectivity index (χ4n) is 3.86. The molecule has 0 unspecified atom stereocenters. The second kappa shape index (κ2) is 12.4. The van der Waals surface area contributed by atoms with E-state index in [1.807, 2.05) is 52.0 Å². The number of halogens is 2. The van der Waals surface area contributed by atoms with Crippen LogP contribution in [0.4, 0.5) is 5.69 Å². The van der Waals surface area contributed by atoms with Crippen LogP contribution in [0.3, 0.4) is 0 Å². The highest BCUT2D eigenvalue weighted by Crippen LogP contribution is 2.33. The van der Waals surface area contributed by atoms with Crippen molar-refractivity contribution in [2.45, 2.75) is 57.6 Å². The highest BCUT2D eigenvalue weighted by Gasteiger charge is 2.34. The monoisotopic (exact) mass is 589 g/mol. The normalized spacial score (nSPS) is 12.5. The maximum absolute atomic E-state index is 13.9. The molecule has 0 radical (unpaired) electrons. The van der Waals surface area contributed by atoms with Crippen LogP contribution in [-0.4, -0.2) is 43.3 Å². The first-order valence-corrected chi connectivity index (χ1v) is 14.6. The molecule has 0 aromatic heterocycles. The van der Waals surface area contributed by atoms with E-state index >= 15 is 0 Å². The zero-order valence-corrected chi connectivity index (χ0v) is 24.9. The molecule has 3 aromatic rings. The highest BCUT2D eigenvalue weighted by atomic mass is 35.5. The van der Waals surface area contributed by atoms with Gasteiger partial charge in [-0.2, -0.15) is 0 Å². The van der Waals surface area contributed by atoms with E-state index in [9.17, 15) is 18.0 Å². The van der Waals surface area contributed by atoms with Crippen molar-refractivity contribution in [1.29, 1.82) is 0 Å². The summed E-state index contributed by atoms with van der Waals surface area (Å²) in [6.07, 6.45) is 0. The summed E-state index contributed by atoms with van der Waals surface area (Å²) in [5.41, 5.74) is 1.42. The van der Waals surface area contributed by atoms with Gasteiger partial charge >= 0.3 is 0 Å². The molecule has 0 saturated heterocycles. The Labute approximate surface area is 240 Å². The van der Waals surface area contributed by atoms with Gasteiger partial charge in [0.2, 0.25) is 11.8 Å². The number of nitrogens with one attached hydrogen (secondary N) is 1. The minimum Gasteiger partial charge on any atom is -0.350 e. The van der Waals surface area contributed by atoms with Crippen LogP contribution < -0.4 is 9.62 Å². The van der Waals surface area contributed by atoms with Gasteiger partial charge in [0.1, 0.15) is 12.6 Å². The SMILES string of the molecule is Cc1ccc(CN(C(=O)CN(c2ccc(Cl)cc2Cl)S(=O)(=O)c2ccccc2)[C@@H](C)C(=O)NC(C)(C)C)cc1. The van der Waals surface area contributed by atoms with Crippen molar-refractivity contribution in [2.24, 2.45) is 0 Å². The molecular formula is C29H33Cl2N3O4S. The lowest BCUT2D eigenvalue weighted by Crippen LogP contribution is -2.54. The molecular weight excluding hydrogens is 557 g/mol. The number of aryl methyl sites for hydroxylation is 1. The van der Waals surface area contributed by atoms with Crippen molar-refractivity contribution in [3.8, 4) is 0 Å². The number of carbonyl (C=O) groups excluding carboxylic acids is 2. The van der Waals surface area contributed by atoms with Gasteiger partial charge in [0.15, 0.2) is 0 Å². The molecule has 7 nitrogen and oxygen atoms in total. The Bertz CT molecular complexity index is 1420. The number of benzene rings is 3. The Balaban J connectivity index is 2.05. The second-order valence-electron chi connectivity index (χ2n) is 10.3. The molecule has 0 spiro atoms. The molecule has 3 aromatic carbocycles. The Hall–Kier alpha value is -3.07. The van der Waals surface area contributed by atoms with E-state index in [1.165, 1.54) is 35.2 Å². The van der Waals surface area contributed by atoms with Gasteiger partial charge in [0.25, 0.3) is 10.0 Å². The van der Waals surface area contributed by atoms with Gasteiger partial charge in [-0.3, -0.25) is 13.9 Å². The number of hydrogen-bond acceptors (Lipinski definition) is 4. The van der Waals surface area contributed by atoms with Gasteiger partial charge in [-0.25, -0.2) is 8.42 Å². The molecule has 0 aliphatic heterocycles. The number of hydrogen-bond donors (Lipinski definition) is 1. The van der Waals surface area contributed by atoms with E-state index in [2.05, 4.69) is 5.32 Å². The van der Waals surface area contributed by atoms with Crippen molar-refractivity contribution in [3.63, 3.8) is 0 Å². The summed E-state index contributed by atoms with van der Waals surface area (Å²) in [6.45, 7) is 8.64. The summed E-state index contributed by atoms with van der Waals surface area (Å²) in [5.74, 6) is -0.928. The number of nitrogens with zero attached hydrogens (tertiary/aromatic N) is 2. The smallest absolute Gasteiger partial charge is 0.264 e. The molecule has 0 heterocycles. The zero-order chi connectivity index (χ0) is 29.0. The zero-order valence-electron chi connectivity index (χ0n) is 22.6. The third-order valence-electron chi connectivity index (χ3n) is 5.93. The maximum Gasteiger partial charge on any atom is 0.264 e. The van der Waals surface area contributed by atoms with Crippen LogP contribution in [-0.2, 0) is 26.2 Å². The van der Waals surface area contributed by atoms with E-state index in [0.717, 1.165) is 15.4 Å². The first-order valence-electron chi connectivity index (χ1n) is 12.4. The van der Waals surface area contributed by atoms with Gasteiger partial charge in [0.05, 0.1) is 15.6 Å². The van der Waals surface area contributed by atoms with E-state index in [1.54, 1.807) is 25.1 Å². The third-order valence-corrected chi connectivity index (χ3v) is 8.24. The maximum atomic E-state index is 13.9. The molecule has 1 N–H and O–H groups in total.